The van der Waals surface area contributed by atoms with Gasteiger partial charge in [-0.25, -0.2) is 9.97 Å². The molecule has 6 aromatic carbocycles. The van der Waals surface area contributed by atoms with Gasteiger partial charge in [-0.2, -0.15) is 5.10 Å². The van der Waals surface area contributed by atoms with Crippen molar-refractivity contribution in [2.45, 2.75) is 0 Å². The monoisotopic (exact) mass is 632 g/mol. The van der Waals surface area contributed by atoms with E-state index < -0.39 is 0 Å². The Hall–Kier alpha value is -6.31. The molecule has 0 saturated heterocycles. The van der Waals surface area contributed by atoms with E-state index in [-0.39, 0.29) is 0 Å². The third-order valence-electron chi connectivity index (χ3n) is 9.05. The predicted octanol–water partition coefficient (Wildman–Crippen LogP) is 10.5. The molecule has 0 aliphatic rings. The van der Waals surface area contributed by atoms with Crippen molar-refractivity contribution < 1.29 is 0 Å². The average Bonchev–Trinajstić information content (AvgIpc) is 3.79. The van der Waals surface area contributed by atoms with Crippen LogP contribution >= 0.6 is 11.3 Å². The minimum Gasteiger partial charge on any atom is -0.277 e. The summed E-state index contributed by atoms with van der Waals surface area (Å²) >= 11 is 1.68. The molecule has 0 aliphatic carbocycles. The number of hydrogen-bond donors (Lipinski definition) is 1. The Kier molecular flexibility index (Phi) is 5.94. The van der Waals surface area contributed by atoms with E-state index in [1.807, 2.05) is 42.5 Å². The molecule has 0 spiro atoms. The lowest BCUT2D eigenvalue weighted by atomic mass is 9.88. The Morgan fingerprint density at radius 2 is 1.21 bits per heavy atom. The number of rotatable bonds is 4. The summed E-state index contributed by atoms with van der Waals surface area (Å²) < 4.78 is 1.13. The van der Waals surface area contributed by atoms with Gasteiger partial charge in [0.05, 0.1) is 38.2 Å². The fourth-order valence-corrected chi connectivity index (χ4v) is 7.77. The summed E-state index contributed by atoms with van der Waals surface area (Å²) in [5.41, 5.74) is 9.93. The topological polar surface area (TPSA) is 80.2 Å². The Balaban J connectivity index is 1.36. The molecule has 0 saturated carbocycles. The van der Waals surface area contributed by atoms with Gasteiger partial charge in [-0.3, -0.25) is 5.10 Å². The maximum absolute atomic E-state index is 5.45. The van der Waals surface area contributed by atoms with E-state index in [4.69, 9.17) is 25.3 Å². The summed E-state index contributed by atoms with van der Waals surface area (Å²) in [6.45, 7) is 0. The van der Waals surface area contributed by atoms with Crippen LogP contribution in [0.25, 0.3) is 98.0 Å². The van der Waals surface area contributed by atoms with Crippen molar-refractivity contribution in [1.29, 1.82) is 0 Å². The van der Waals surface area contributed by atoms with Gasteiger partial charge in [0.2, 0.25) is 0 Å². The standard InChI is InChI=1S/C41H24N6S/c1-3-11-27-24(9-1)17-18-25-19-22-34(42-39(25)27)38-30(41-43-33-15-7-8-16-36(33)48-41)21-20-29(40-28-12-4-6-14-32(28)45-47-40)37(38)35-23-26-10-2-5-13-31(26)44-46-35/h1-23H,(H,45,47). The van der Waals surface area contributed by atoms with Gasteiger partial charge < -0.3 is 0 Å². The predicted molar refractivity (Wildman–Crippen MR) is 197 cm³/mol. The molecule has 0 radical (unpaired) electrons. The molecule has 1 N–H and O–H groups in total. The first kappa shape index (κ1) is 26.9. The molecule has 4 aromatic heterocycles. The van der Waals surface area contributed by atoms with Crippen molar-refractivity contribution >= 4 is 65.0 Å². The maximum atomic E-state index is 5.45. The molecule has 0 aliphatic heterocycles. The number of pyridine rings is 1. The summed E-state index contributed by atoms with van der Waals surface area (Å²) in [5.74, 6) is 0. The number of nitrogens with zero attached hydrogens (tertiary/aromatic N) is 5. The van der Waals surface area contributed by atoms with E-state index >= 15 is 0 Å². The van der Waals surface area contributed by atoms with Gasteiger partial charge in [0.15, 0.2) is 0 Å². The van der Waals surface area contributed by atoms with Gasteiger partial charge in [0, 0.05) is 43.8 Å². The maximum Gasteiger partial charge on any atom is 0.125 e. The number of benzene rings is 6. The van der Waals surface area contributed by atoms with Crippen LogP contribution in [0.2, 0.25) is 0 Å². The second-order valence-electron chi connectivity index (χ2n) is 11.9. The van der Waals surface area contributed by atoms with E-state index in [0.29, 0.717) is 0 Å². The molecule has 10 aromatic rings. The SMILES string of the molecule is c1ccc2nnc(-c3c(-c4n[nH]c5ccccc45)ccc(-c4nc5ccccc5s4)c3-c3ccc4ccc5ccccc5c4n3)cc2c1. The van der Waals surface area contributed by atoms with E-state index in [0.717, 1.165) is 98.0 Å². The minimum absolute atomic E-state index is 0.744. The molecule has 6 nitrogen and oxygen atoms in total. The molecule has 224 valence electrons. The first-order valence-corrected chi connectivity index (χ1v) is 16.6. The van der Waals surface area contributed by atoms with Crippen molar-refractivity contribution in [2.24, 2.45) is 0 Å². The van der Waals surface area contributed by atoms with Crippen LogP contribution in [0, 0.1) is 0 Å². The highest BCUT2D eigenvalue weighted by molar-refractivity contribution is 7.21. The third kappa shape index (κ3) is 4.22. The summed E-state index contributed by atoms with van der Waals surface area (Å²) in [5, 5.41) is 24.0. The molecular formula is C41H24N6S. The zero-order valence-electron chi connectivity index (χ0n) is 25.4. The van der Waals surface area contributed by atoms with Crippen LogP contribution < -0.4 is 0 Å². The summed E-state index contributed by atoms with van der Waals surface area (Å²) in [6, 6.07) is 48.0. The molecule has 10 rings (SSSR count). The smallest absolute Gasteiger partial charge is 0.125 e. The van der Waals surface area contributed by atoms with E-state index in [1.165, 1.54) is 0 Å². The second-order valence-corrected chi connectivity index (χ2v) is 12.9. The third-order valence-corrected chi connectivity index (χ3v) is 10.1. The fraction of sp³-hybridized carbons (Fsp3) is 0. The van der Waals surface area contributed by atoms with Crippen molar-refractivity contribution in [3.63, 3.8) is 0 Å². The number of nitrogens with one attached hydrogen (secondary N) is 1. The normalized spacial score (nSPS) is 11.8. The number of aromatic nitrogens is 6. The highest BCUT2D eigenvalue weighted by Gasteiger charge is 2.25. The second kappa shape index (κ2) is 10.6. The first-order chi connectivity index (χ1) is 23.8. The van der Waals surface area contributed by atoms with Crippen molar-refractivity contribution in [2.75, 3.05) is 0 Å². The van der Waals surface area contributed by atoms with E-state index in [9.17, 15) is 0 Å². The summed E-state index contributed by atoms with van der Waals surface area (Å²) in [7, 11) is 0. The van der Waals surface area contributed by atoms with Crippen LogP contribution in [-0.4, -0.2) is 30.4 Å². The number of H-pyrrole nitrogens is 1. The quantitative estimate of drug-likeness (QED) is 0.195. The Bertz CT molecular complexity index is 2840. The average molecular weight is 633 g/mol. The molecule has 4 heterocycles. The number of para-hydroxylation sites is 2. The fourth-order valence-electron chi connectivity index (χ4n) is 6.77. The first-order valence-electron chi connectivity index (χ1n) is 15.8. The van der Waals surface area contributed by atoms with Gasteiger partial charge >= 0.3 is 0 Å². The minimum atomic E-state index is 0.744. The van der Waals surface area contributed by atoms with Crippen LogP contribution in [0.4, 0.5) is 0 Å². The lowest BCUT2D eigenvalue weighted by Gasteiger charge is -2.18. The molecule has 48 heavy (non-hydrogen) atoms. The van der Waals surface area contributed by atoms with E-state index in [1.54, 1.807) is 11.3 Å². The number of hydrogen-bond acceptors (Lipinski definition) is 6. The van der Waals surface area contributed by atoms with Gasteiger partial charge in [-0.05, 0) is 41.8 Å². The lowest BCUT2D eigenvalue weighted by Crippen LogP contribution is -1.99. The highest BCUT2D eigenvalue weighted by Crippen LogP contribution is 2.47. The van der Waals surface area contributed by atoms with Crippen LogP contribution in [0.3, 0.4) is 0 Å². The van der Waals surface area contributed by atoms with Gasteiger partial charge in [-0.1, -0.05) is 103 Å². The molecule has 0 amide bonds. The van der Waals surface area contributed by atoms with Crippen molar-refractivity contribution in [3.8, 4) is 44.3 Å². The van der Waals surface area contributed by atoms with Crippen molar-refractivity contribution in [3.05, 3.63) is 140 Å². The molecule has 0 unspecified atom stereocenters. The lowest BCUT2D eigenvalue weighted by molar-refractivity contribution is 1.08. The van der Waals surface area contributed by atoms with Crippen LogP contribution in [0.5, 0.6) is 0 Å². The van der Waals surface area contributed by atoms with Crippen LogP contribution in [-0.2, 0) is 0 Å². The molecule has 0 atom stereocenters. The summed E-state index contributed by atoms with van der Waals surface area (Å²) in [4.78, 5) is 10.6. The molecular weight excluding hydrogens is 609 g/mol. The zero-order valence-corrected chi connectivity index (χ0v) is 26.2. The van der Waals surface area contributed by atoms with E-state index in [2.05, 4.69) is 102 Å². The zero-order chi connectivity index (χ0) is 31.6. The van der Waals surface area contributed by atoms with Gasteiger partial charge in [-0.15, -0.1) is 21.5 Å². The van der Waals surface area contributed by atoms with Gasteiger partial charge in [0.25, 0.3) is 0 Å². The van der Waals surface area contributed by atoms with Crippen LogP contribution in [0.15, 0.2) is 140 Å². The molecule has 0 bridgehead atoms. The summed E-state index contributed by atoms with van der Waals surface area (Å²) in [6.07, 6.45) is 0. The number of fused-ring (bicyclic) bond motifs is 6. The molecule has 7 heteroatoms. The Morgan fingerprint density at radius 1 is 0.500 bits per heavy atom. The highest BCUT2D eigenvalue weighted by atomic mass is 32.1. The van der Waals surface area contributed by atoms with Gasteiger partial charge in [0.1, 0.15) is 10.7 Å². The number of aromatic amines is 1. The Morgan fingerprint density at radius 3 is 2.12 bits per heavy atom. The largest absolute Gasteiger partial charge is 0.277 e. The number of thiazole rings is 1. The Labute approximate surface area is 278 Å². The van der Waals surface area contributed by atoms with Crippen molar-refractivity contribution in [1.82, 2.24) is 30.4 Å². The van der Waals surface area contributed by atoms with Crippen LogP contribution in [0.1, 0.15) is 0 Å². The molecule has 0 fully saturated rings.